The number of nitrogens with one attached hydrogen (secondary N) is 1. The summed E-state index contributed by atoms with van der Waals surface area (Å²) in [6, 6.07) is 5.95. The second-order valence-electron chi connectivity index (χ2n) is 3.67. The van der Waals surface area contributed by atoms with Gasteiger partial charge >= 0.3 is 0 Å². The second-order valence-corrected chi connectivity index (χ2v) is 5.09. The van der Waals surface area contributed by atoms with Gasteiger partial charge in [-0.15, -0.1) is 0 Å². The fourth-order valence-electron chi connectivity index (χ4n) is 1.53. The van der Waals surface area contributed by atoms with Gasteiger partial charge in [0.1, 0.15) is 0 Å². The molecule has 1 aromatic heterocycles. The van der Waals surface area contributed by atoms with E-state index in [4.69, 9.17) is 11.6 Å². The van der Waals surface area contributed by atoms with Crippen LogP contribution in [0.25, 0.3) is 0 Å². The maximum atomic E-state index is 6.21. The Labute approximate surface area is 110 Å². The predicted octanol–water partition coefficient (Wildman–Crippen LogP) is 2.94. The Morgan fingerprint density at radius 3 is 2.94 bits per heavy atom. The van der Waals surface area contributed by atoms with Gasteiger partial charge in [-0.2, -0.15) is 0 Å². The molecule has 1 aromatic carbocycles. The largest absolute Gasteiger partial charge is 0.329 e. The van der Waals surface area contributed by atoms with Crippen LogP contribution in [0.15, 0.2) is 40.6 Å². The van der Waals surface area contributed by atoms with Crippen LogP contribution in [-0.2, 0) is 13.6 Å². The van der Waals surface area contributed by atoms with E-state index < -0.39 is 0 Å². The lowest BCUT2D eigenvalue weighted by molar-refractivity contribution is 0.784. The molecule has 1 N–H and O–H groups in total. The Kier molecular flexibility index (Phi) is 4.10. The van der Waals surface area contributed by atoms with E-state index in [0.717, 1.165) is 27.2 Å². The van der Waals surface area contributed by atoms with Crippen LogP contribution in [0.4, 0.5) is 0 Å². The summed E-state index contributed by atoms with van der Waals surface area (Å²) in [5.41, 5.74) is 1.12. The summed E-state index contributed by atoms with van der Waals surface area (Å²) < 4.78 is 1.99. The van der Waals surface area contributed by atoms with Gasteiger partial charge in [0.2, 0.25) is 0 Å². The summed E-state index contributed by atoms with van der Waals surface area (Å²) in [7, 11) is 3.90. The average molecular weight is 268 g/mol. The number of rotatable bonds is 4. The van der Waals surface area contributed by atoms with Crippen LogP contribution < -0.4 is 5.32 Å². The molecule has 0 radical (unpaired) electrons. The fourth-order valence-corrected chi connectivity index (χ4v) is 2.80. The number of imidazole rings is 1. The zero-order valence-corrected chi connectivity index (χ0v) is 11.3. The van der Waals surface area contributed by atoms with Crippen molar-refractivity contribution in [3.8, 4) is 0 Å². The molecule has 90 valence electrons. The van der Waals surface area contributed by atoms with Crippen molar-refractivity contribution in [3.05, 3.63) is 41.2 Å². The lowest BCUT2D eigenvalue weighted by Gasteiger charge is -2.10. The molecule has 0 saturated carbocycles. The molecule has 17 heavy (non-hydrogen) atoms. The van der Waals surface area contributed by atoms with Gasteiger partial charge in [-0.05, 0) is 24.7 Å². The maximum Gasteiger partial charge on any atom is 0.172 e. The first-order chi connectivity index (χ1) is 8.22. The van der Waals surface area contributed by atoms with E-state index in [9.17, 15) is 0 Å². The number of hydrogen-bond acceptors (Lipinski definition) is 3. The van der Waals surface area contributed by atoms with Crippen molar-refractivity contribution in [3.63, 3.8) is 0 Å². The van der Waals surface area contributed by atoms with Crippen molar-refractivity contribution in [2.45, 2.75) is 16.6 Å². The van der Waals surface area contributed by atoms with Crippen molar-refractivity contribution < 1.29 is 0 Å². The Morgan fingerprint density at radius 1 is 1.47 bits per heavy atom. The van der Waals surface area contributed by atoms with Crippen molar-refractivity contribution >= 4 is 23.4 Å². The topological polar surface area (TPSA) is 29.9 Å². The molecule has 0 fully saturated rings. The highest BCUT2D eigenvalue weighted by atomic mass is 35.5. The minimum absolute atomic E-state index is 0.756. The number of aromatic nitrogens is 2. The molecule has 0 unspecified atom stereocenters. The molecule has 0 aliphatic rings. The Morgan fingerprint density at radius 2 is 2.29 bits per heavy atom. The van der Waals surface area contributed by atoms with Crippen molar-refractivity contribution in [1.29, 1.82) is 0 Å². The van der Waals surface area contributed by atoms with Crippen molar-refractivity contribution in [2.75, 3.05) is 7.05 Å². The number of hydrogen-bond donors (Lipinski definition) is 1. The molecule has 3 nitrogen and oxygen atoms in total. The summed E-state index contributed by atoms with van der Waals surface area (Å²) in [5.74, 6) is 0. The zero-order valence-electron chi connectivity index (χ0n) is 9.77. The number of halogens is 1. The Balaban J connectivity index is 2.32. The van der Waals surface area contributed by atoms with Crippen molar-refractivity contribution in [1.82, 2.24) is 14.9 Å². The predicted molar refractivity (Wildman–Crippen MR) is 71.5 cm³/mol. The first-order valence-corrected chi connectivity index (χ1v) is 6.49. The molecule has 0 aliphatic heterocycles. The van der Waals surface area contributed by atoms with E-state index in [2.05, 4.69) is 16.4 Å². The van der Waals surface area contributed by atoms with E-state index in [1.165, 1.54) is 0 Å². The van der Waals surface area contributed by atoms with E-state index in [1.807, 2.05) is 37.0 Å². The van der Waals surface area contributed by atoms with Crippen LogP contribution in [0.3, 0.4) is 0 Å². The molecule has 2 aromatic rings. The molecule has 1 heterocycles. The second kappa shape index (κ2) is 5.58. The quantitative estimate of drug-likeness (QED) is 0.924. The molecule has 2 rings (SSSR count). The maximum absolute atomic E-state index is 6.21. The van der Waals surface area contributed by atoms with E-state index in [1.54, 1.807) is 18.0 Å². The monoisotopic (exact) mass is 267 g/mol. The third-order valence-corrected chi connectivity index (χ3v) is 3.94. The molecule has 5 heteroatoms. The fraction of sp³-hybridized carbons (Fsp3) is 0.250. The normalized spacial score (nSPS) is 10.8. The minimum atomic E-state index is 0.756. The summed E-state index contributed by atoms with van der Waals surface area (Å²) in [5, 5.41) is 4.89. The summed E-state index contributed by atoms with van der Waals surface area (Å²) in [6.45, 7) is 0.756. The molecular weight excluding hydrogens is 254 g/mol. The van der Waals surface area contributed by atoms with Crippen LogP contribution in [0.2, 0.25) is 5.02 Å². The van der Waals surface area contributed by atoms with Crippen LogP contribution in [0.5, 0.6) is 0 Å². The number of aryl methyl sites for hydroxylation is 1. The van der Waals surface area contributed by atoms with Crippen LogP contribution in [-0.4, -0.2) is 16.6 Å². The SMILES string of the molecule is CNCc1c(Cl)cccc1Sc1nccn1C. The lowest BCUT2D eigenvalue weighted by Crippen LogP contribution is -2.07. The summed E-state index contributed by atoms with van der Waals surface area (Å²) in [4.78, 5) is 5.44. The van der Waals surface area contributed by atoms with Crippen LogP contribution >= 0.6 is 23.4 Å². The zero-order chi connectivity index (χ0) is 12.3. The van der Waals surface area contributed by atoms with Crippen LogP contribution in [0.1, 0.15) is 5.56 Å². The summed E-state index contributed by atoms with van der Waals surface area (Å²) in [6.07, 6.45) is 3.73. The lowest BCUT2D eigenvalue weighted by atomic mass is 10.2. The van der Waals surface area contributed by atoms with E-state index in [0.29, 0.717) is 0 Å². The highest BCUT2D eigenvalue weighted by Gasteiger charge is 2.09. The van der Waals surface area contributed by atoms with Gasteiger partial charge in [0.05, 0.1) is 0 Å². The number of benzene rings is 1. The van der Waals surface area contributed by atoms with E-state index in [-0.39, 0.29) is 0 Å². The van der Waals surface area contributed by atoms with Gasteiger partial charge in [-0.3, -0.25) is 0 Å². The Hall–Kier alpha value is -0.970. The molecule has 0 amide bonds. The van der Waals surface area contributed by atoms with E-state index >= 15 is 0 Å². The van der Waals surface area contributed by atoms with Gasteiger partial charge in [-0.1, -0.05) is 29.4 Å². The third kappa shape index (κ3) is 2.83. The number of nitrogens with zero attached hydrogens (tertiary/aromatic N) is 2. The highest BCUT2D eigenvalue weighted by molar-refractivity contribution is 7.99. The summed E-state index contributed by atoms with van der Waals surface area (Å²) >= 11 is 7.84. The van der Waals surface area contributed by atoms with Gasteiger partial charge in [0.25, 0.3) is 0 Å². The standard InChI is InChI=1S/C12H14ClN3S/c1-14-8-9-10(13)4-3-5-11(9)17-12-15-6-7-16(12)2/h3-7,14H,8H2,1-2H3. The highest BCUT2D eigenvalue weighted by Crippen LogP contribution is 2.32. The molecule has 0 aliphatic carbocycles. The molecular formula is C12H14ClN3S. The molecule has 0 spiro atoms. The van der Waals surface area contributed by atoms with Gasteiger partial charge in [0.15, 0.2) is 5.16 Å². The Bertz CT molecular complexity index is 510. The van der Waals surface area contributed by atoms with Crippen molar-refractivity contribution in [2.24, 2.45) is 7.05 Å². The van der Waals surface area contributed by atoms with Gasteiger partial charge in [0, 0.05) is 35.9 Å². The molecule has 0 atom stereocenters. The molecule has 0 saturated heterocycles. The first-order valence-electron chi connectivity index (χ1n) is 5.29. The average Bonchev–Trinajstić information content (AvgIpc) is 2.70. The third-order valence-electron chi connectivity index (χ3n) is 2.41. The first kappa shape index (κ1) is 12.5. The van der Waals surface area contributed by atoms with Crippen LogP contribution in [0, 0.1) is 0 Å². The molecule has 0 bridgehead atoms. The van der Waals surface area contributed by atoms with Gasteiger partial charge < -0.3 is 9.88 Å². The minimum Gasteiger partial charge on any atom is -0.329 e. The smallest absolute Gasteiger partial charge is 0.172 e. The van der Waals surface area contributed by atoms with Gasteiger partial charge in [-0.25, -0.2) is 4.98 Å².